The van der Waals surface area contributed by atoms with Gasteiger partial charge in [-0.3, -0.25) is 0 Å². The Hall–Kier alpha value is -1.49. The molecule has 1 atom stereocenters. The molecule has 2 aromatic rings. The van der Waals surface area contributed by atoms with E-state index in [9.17, 15) is 8.78 Å². The molecule has 0 aliphatic rings. The Kier molecular flexibility index (Phi) is 3.11. The van der Waals surface area contributed by atoms with Gasteiger partial charge < -0.3 is 9.55 Å². The maximum atomic E-state index is 13.5. The molecule has 2 rings (SSSR count). The van der Waals surface area contributed by atoms with Crippen LogP contribution in [0.2, 0.25) is 0 Å². The number of hydrogen-bond donors (Lipinski definition) is 1. The van der Waals surface area contributed by atoms with E-state index < -0.39 is 11.6 Å². The van der Waals surface area contributed by atoms with Gasteiger partial charge in [-0.15, -0.1) is 6.58 Å². The standard InChI is InChI=1S/C12H12F2N2S/c1-3-4-7(2)16-10-6-8(13)5-9(14)11(10)15-12(16)17/h3,5-7H,1,4H2,2H3,(H,15,17). The van der Waals surface area contributed by atoms with Gasteiger partial charge in [0, 0.05) is 12.1 Å². The predicted molar refractivity (Wildman–Crippen MR) is 66.6 cm³/mol. The number of fused-ring (bicyclic) bond motifs is 1. The Bertz CT molecular complexity index is 627. The number of H-pyrrole nitrogens is 1. The van der Waals surface area contributed by atoms with Crippen LogP contribution in [0, 0.1) is 16.4 Å². The molecule has 1 aromatic carbocycles. The smallest absolute Gasteiger partial charge is 0.178 e. The highest BCUT2D eigenvalue weighted by Crippen LogP contribution is 2.24. The highest BCUT2D eigenvalue weighted by atomic mass is 32.1. The first-order chi connectivity index (χ1) is 8.04. The highest BCUT2D eigenvalue weighted by Gasteiger charge is 2.14. The maximum Gasteiger partial charge on any atom is 0.178 e. The van der Waals surface area contributed by atoms with Crippen LogP contribution in [0.3, 0.4) is 0 Å². The quantitative estimate of drug-likeness (QED) is 0.645. The second-order valence-electron chi connectivity index (χ2n) is 3.96. The van der Waals surface area contributed by atoms with E-state index in [1.807, 2.05) is 6.92 Å². The number of imidazole rings is 1. The van der Waals surface area contributed by atoms with Gasteiger partial charge >= 0.3 is 0 Å². The lowest BCUT2D eigenvalue weighted by Crippen LogP contribution is -2.04. The Balaban J connectivity index is 2.74. The molecule has 0 amide bonds. The van der Waals surface area contributed by atoms with Crippen molar-refractivity contribution in [3.05, 3.63) is 41.2 Å². The summed E-state index contributed by atoms with van der Waals surface area (Å²) in [5, 5.41) is 0. The summed E-state index contributed by atoms with van der Waals surface area (Å²) in [6.45, 7) is 5.57. The van der Waals surface area contributed by atoms with Crippen LogP contribution in [0.5, 0.6) is 0 Å². The predicted octanol–water partition coefficient (Wildman–Crippen LogP) is 4.11. The van der Waals surface area contributed by atoms with E-state index in [1.54, 1.807) is 10.6 Å². The minimum Gasteiger partial charge on any atom is -0.328 e. The highest BCUT2D eigenvalue weighted by molar-refractivity contribution is 7.71. The molecule has 0 spiro atoms. The van der Waals surface area contributed by atoms with Crippen LogP contribution in [-0.4, -0.2) is 9.55 Å². The van der Waals surface area contributed by atoms with Crippen LogP contribution in [-0.2, 0) is 0 Å². The monoisotopic (exact) mass is 254 g/mol. The summed E-state index contributed by atoms with van der Waals surface area (Å²) in [5.74, 6) is -1.24. The molecule has 1 aromatic heterocycles. The average molecular weight is 254 g/mol. The minimum atomic E-state index is -0.629. The van der Waals surface area contributed by atoms with Gasteiger partial charge in [0.2, 0.25) is 0 Å². The van der Waals surface area contributed by atoms with Crippen molar-refractivity contribution in [2.45, 2.75) is 19.4 Å². The second-order valence-corrected chi connectivity index (χ2v) is 4.34. The molecule has 0 aliphatic carbocycles. The fourth-order valence-electron chi connectivity index (χ4n) is 1.93. The fraction of sp³-hybridized carbons (Fsp3) is 0.250. The Morgan fingerprint density at radius 1 is 1.53 bits per heavy atom. The van der Waals surface area contributed by atoms with Crippen molar-refractivity contribution in [3.63, 3.8) is 0 Å². The van der Waals surface area contributed by atoms with Crippen LogP contribution < -0.4 is 0 Å². The van der Waals surface area contributed by atoms with Crippen LogP contribution in [0.1, 0.15) is 19.4 Å². The normalized spacial score (nSPS) is 12.9. The number of hydrogen-bond acceptors (Lipinski definition) is 1. The number of aromatic nitrogens is 2. The molecule has 5 heteroatoms. The van der Waals surface area contributed by atoms with E-state index in [0.717, 1.165) is 6.07 Å². The number of nitrogens with zero attached hydrogens (tertiary/aromatic N) is 1. The number of nitrogens with one attached hydrogen (secondary N) is 1. The van der Waals surface area contributed by atoms with Gasteiger partial charge in [-0.1, -0.05) is 6.08 Å². The topological polar surface area (TPSA) is 20.7 Å². The lowest BCUT2D eigenvalue weighted by atomic mass is 10.2. The average Bonchev–Trinajstić information content (AvgIpc) is 2.55. The number of rotatable bonds is 3. The number of aromatic amines is 1. The van der Waals surface area contributed by atoms with Crippen LogP contribution in [0.25, 0.3) is 11.0 Å². The van der Waals surface area contributed by atoms with Gasteiger partial charge in [0.1, 0.15) is 11.3 Å². The van der Waals surface area contributed by atoms with Crippen molar-refractivity contribution in [1.29, 1.82) is 0 Å². The zero-order chi connectivity index (χ0) is 12.6. The maximum absolute atomic E-state index is 13.5. The van der Waals surface area contributed by atoms with Gasteiger partial charge in [0.05, 0.1) is 5.52 Å². The zero-order valence-electron chi connectivity index (χ0n) is 9.34. The van der Waals surface area contributed by atoms with Crippen molar-refractivity contribution in [2.24, 2.45) is 0 Å². The molecule has 1 unspecified atom stereocenters. The third kappa shape index (κ3) is 2.02. The van der Waals surface area contributed by atoms with E-state index in [1.165, 1.54) is 6.07 Å². The molecule has 0 radical (unpaired) electrons. The molecular weight excluding hydrogens is 242 g/mol. The number of halogens is 2. The van der Waals surface area contributed by atoms with Crippen molar-refractivity contribution in [2.75, 3.05) is 0 Å². The molecule has 0 saturated heterocycles. The first kappa shape index (κ1) is 12.0. The fourth-order valence-corrected chi connectivity index (χ4v) is 2.31. The first-order valence-electron chi connectivity index (χ1n) is 5.24. The van der Waals surface area contributed by atoms with Crippen molar-refractivity contribution in [1.82, 2.24) is 9.55 Å². The second kappa shape index (κ2) is 4.41. The Labute approximate surface area is 103 Å². The molecule has 1 heterocycles. The zero-order valence-corrected chi connectivity index (χ0v) is 10.2. The molecule has 0 fully saturated rings. The molecule has 1 N–H and O–H groups in total. The van der Waals surface area contributed by atoms with E-state index in [-0.39, 0.29) is 11.6 Å². The van der Waals surface area contributed by atoms with E-state index in [2.05, 4.69) is 11.6 Å². The summed E-state index contributed by atoms with van der Waals surface area (Å²) < 4.78 is 28.8. The van der Waals surface area contributed by atoms with Crippen molar-refractivity contribution in [3.8, 4) is 0 Å². The summed E-state index contributed by atoms with van der Waals surface area (Å²) >= 11 is 5.13. The van der Waals surface area contributed by atoms with Gasteiger partial charge in [0.25, 0.3) is 0 Å². The summed E-state index contributed by atoms with van der Waals surface area (Å²) in [5.41, 5.74) is 0.689. The third-order valence-corrected chi connectivity index (χ3v) is 2.99. The number of benzene rings is 1. The first-order valence-corrected chi connectivity index (χ1v) is 5.65. The molecule has 0 aliphatic heterocycles. The summed E-state index contributed by atoms with van der Waals surface area (Å²) in [7, 11) is 0. The molecule has 90 valence electrons. The van der Waals surface area contributed by atoms with Gasteiger partial charge in [-0.25, -0.2) is 8.78 Å². The van der Waals surface area contributed by atoms with E-state index >= 15 is 0 Å². The lowest BCUT2D eigenvalue weighted by molar-refractivity contribution is 0.559. The summed E-state index contributed by atoms with van der Waals surface area (Å²) in [6.07, 6.45) is 2.43. The van der Waals surface area contributed by atoms with Crippen LogP contribution >= 0.6 is 12.2 Å². The largest absolute Gasteiger partial charge is 0.328 e. The minimum absolute atomic E-state index is 0.00921. The Morgan fingerprint density at radius 3 is 2.88 bits per heavy atom. The SMILES string of the molecule is C=CCC(C)n1c(=S)[nH]c2c(F)cc(F)cc21. The summed E-state index contributed by atoms with van der Waals surface area (Å²) in [4.78, 5) is 2.76. The molecule has 0 saturated carbocycles. The van der Waals surface area contributed by atoms with Gasteiger partial charge in [-0.05, 0) is 31.6 Å². The van der Waals surface area contributed by atoms with Crippen molar-refractivity contribution >= 4 is 23.3 Å². The van der Waals surface area contributed by atoms with Gasteiger partial charge in [0.15, 0.2) is 10.6 Å². The van der Waals surface area contributed by atoms with E-state index in [4.69, 9.17) is 12.2 Å². The van der Waals surface area contributed by atoms with Crippen molar-refractivity contribution < 1.29 is 8.78 Å². The summed E-state index contributed by atoms with van der Waals surface area (Å²) in [6, 6.07) is 2.13. The lowest BCUT2D eigenvalue weighted by Gasteiger charge is -2.12. The van der Waals surface area contributed by atoms with Gasteiger partial charge in [-0.2, -0.15) is 0 Å². The molecular formula is C12H12F2N2S. The Morgan fingerprint density at radius 2 is 2.24 bits per heavy atom. The molecule has 0 bridgehead atoms. The van der Waals surface area contributed by atoms with E-state index in [0.29, 0.717) is 16.7 Å². The van der Waals surface area contributed by atoms with Crippen LogP contribution in [0.15, 0.2) is 24.8 Å². The number of allylic oxidation sites excluding steroid dienone is 1. The molecule has 2 nitrogen and oxygen atoms in total. The molecule has 17 heavy (non-hydrogen) atoms. The van der Waals surface area contributed by atoms with Crippen LogP contribution in [0.4, 0.5) is 8.78 Å². The third-order valence-electron chi connectivity index (χ3n) is 2.69.